The predicted molar refractivity (Wildman–Crippen MR) is 133 cm³/mol. The molecule has 0 radical (unpaired) electrons. The zero-order valence-electron chi connectivity index (χ0n) is 21.5. The summed E-state index contributed by atoms with van der Waals surface area (Å²) in [4.78, 5) is 41.8. The van der Waals surface area contributed by atoms with E-state index in [0.717, 1.165) is 12.8 Å². The van der Waals surface area contributed by atoms with Crippen LogP contribution >= 0.6 is 0 Å². The predicted octanol–water partition coefficient (Wildman–Crippen LogP) is 4.16. The minimum atomic E-state index is -0.901. The van der Waals surface area contributed by atoms with E-state index in [4.69, 9.17) is 11.2 Å². The maximum absolute atomic E-state index is 14.1. The molecule has 186 valence electrons. The Kier molecular flexibility index (Phi) is 9.14. The molecule has 3 atom stereocenters. The lowest BCUT2D eigenvalue weighted by atomic mass is 9.94. The summed E-state index contributed by atoms with van der Waals surface area (Å²) in [6.07, 6.45) is 7.33. The second-order valence-electron chi connectivity index (χ2n) is 10.3. The number of nitrogens with one attached hydrogen (secondary N) is 2. The van der Waals surface area contributed by atoms with Crippen LogP contribution < -0.4 is 10.6 Å². The highest BCUT2D eigenvalue weighted by Crippen LogP contribution is 2.37. The molecular formula is C27H39N3O4. The van der Waals surface area contributed by atoms with E-state index in [2.05, 4.69) is 16.6 Å². The smallest absolute Gasteiger partial charge is 0.408 e. The Bertz CT molecular complexity index is 925. The molecule has 0 aromatic heterocycles. The molecule has 2 rings (SSSR count). The van der Waals surface area contributed by atoms with Crippen LogP contribution in [0.5, 0.6) is 0 Å². The number of alkyl carbamates (subject to hydrolysis) is 1. The Morgan fingerprint density at radius 2 is 1.76 bits per heavy atom. The second-order valence-corrected chi connectivity index (χ2v) is 10.3. The van der Waals surface area contributed by atoms with Crippen molar-refractivity contribution in [1.29, 1.82) is 0 Å². The molecule has 1 saturated carbocycles. The van der Waals surface area contributed by atoms with Crippen molar-refractivity contribution in [3.8, 4) is 12.3 Å². The minimum absolute atomic E-state index is 0.103. The van der Waals surface area contributed by atoms with E-state index in [0.29, 0.717) is 17.5 Å². The highest BCUT2D eigenvalue weighted by Gasteiger charge is 2.45. The minimum Gasteiger partial charge on any atom is -0.444 e. The Morgan fingerprint density at radius 1 is 1.15 bits per heavy atom. The van der Waals surface area contributed by atoms with Gasteiger partial charge in [0.2, 0.25) is 11.8 Å². The highest BCUT2D eigenvalue weighted by atomic mass is 16.6. The number of ether oxygens (including phenoxy) is 1. The van der Waals surface area contributed by atoms with Crippen LogP contribution in [-0.4, -0.2) is 46.5 Å². The van der Waals surface area contributed by atoms with E-state index < -0.39 is 23.8 Å². The summed E-state index contributed by atoms with van der Waals surface area (Å²) in [5.41, 5.74) is 0.461. The maximum atomic E-state index is 14.1. The van der Waals surface area contributed by atoms with Crippen molar-refractivity contribution in [2.75, 3.05) is 0 Å². The zero-order chi connectivity index (χ0) is 25.6. The van der Waals surface area contributed by atoms with Gasteiger partial charge in [0.25, 0.3) is 0 Å². The summed E-state index contributed by atoms with van der Waals surface area (Å²) < 4.78 is 5.42. The first-order valence-electron chi connectivity index (χ1n) is 12.1. The van der Waals surface area contributed by atoms with Crippen molar-refractivity contribution in [1.82, 2.24) is 15.5 Å². The number of rotatable bonds is 9. The number of terminal acetylenes is 1. The van der Waals surface area contributed by atoms with Crippen molar-refractivity contribution < 1.29 is 19.1 Å². The van der Waals surface area contributed by atoms with Gasteiger partial charge in [0.05, 0.1) is 0 Å². The molecule has 34 heavy (non-hydrogen) atoms. The van der Waals surface area contributed by atoms with Gasteiger partial charge >= 0.3 is 6.09 Å². The maximum Gasteiger partial charge on any atom is 0.408 e. The highest BCUT2D eigenvalue weighted by molar-refractivity contribution is 5.93. The standard InChI is InChI=1S/C27H39N3O4/c1-9-18(5)22(29-26(33)34-27(6,7)8)25(32)30(20-15-16-20)23(24(31)28-17(3)4)21-14-12-11-13-19(21)10-2/h2,11-14,17-18,20,22-23H,9,15-16H2,1,3-8H3,(H,28,31)(H,29,33). The first-order chi connectivity index (χ1) is 15.9. The summed E-state index contributed by atoms with van der Waals surface area (Å²) in [7, 11) is 0. The van der Waals surface area contributed by atoms with Gasteiger partial charge in [-0.1, -0.05) is 44.4 Å². The molecule has 1 aliphatic rings. The van der Waals surface area contributed by atoms with E-state index in [-0.39, 0.29) is 29.8 Å². The molecule has 7 heteroatoms. The van der Waals surface area contributed by atoms with Crippen molar-refractivity contribution in [2.45, 2.75) is 97.5 Å². The number of carbonyl (C=O) groups excluding carboxylic acids is 3. The molecule has 0 heterocycles. The molecule has 1 fully saturated rings. The topological polar surface area (TPSA) is 87.7 Å². The first-order valence-corrected chi connectivity index (χ1v) is 12.1. The third-order valence-corrected chi connectivity index (χ3v) is 5.71. The summed E-state index contributed by atoms with van der Waals surface area (Å²) in [6.45, 7) is 12.9. The SMILES string of the molecule is C#Cc1ccccc1C(C(=O)NC(C)C)N(C(=O)C(NC(=O)OC(C)(C)C)C(C)CC)C1CC1. The van der Waals surface area contributed by atoms with Gasteiger partial charge in [-0.15, -0.1) is 6.42 Å². The summed E-state index contributed by atoms with van der Waals surface area (Å²) in [5.74, 6) is 1.88. The third kappa shape index (κ3) is 7.24. The Balaban J connectivity index is 2.52. The van der Waals surface area contributed by atoms with Crippen LogP contribution in [-0.2, 0) is 14.3 Å². The lowest BCUT2D eigenvalue weighted by molar-refractivity contribution is -0.144. The molecule has 0 aliphatic heterocycles. The van der Waals surface area contributed by atoms with Crippen molar-refractivity contribution in [3.63, 3.8) is 0 Å². The number of hydrogen-bond donors (Lipinski definition) is 2. The van der Waals surface area contributed by atoms with Crippen LogP contribution in [0.3, 0.4) is 0 Å². The van der Waals surface area contributed by atoms with Crippen LogP contribution in [0.1, 0.15) is 84.9 Å². The fourth-order valence-corrected chi connectivity index (χ4v) is 3.80. The van der Waals surface area contributed by atoms with E-state index in [9.17, 15) is 14.4 Å². The molecule has 1 aromatic carbocycles. The van der Waals surface area contributed by atoms with Crippen LogP contribution in [0.25, 0.3) is 0 Å². The van der Waals surface area contributed by atoms with Crippen molar-refractivity contribution >= 4 is 17.9 Å². The molecule has 3 unspecified atom stereocenters. The molecule has 1 aromatic rings. The van der Waals surface area contributed by atoms with E-state index in [1.54, 1.807) is 37.8 Å². The van der Waals surface area contributed by atoms with Crippen LogP contribution in [0.4, 0.5) is 4.79 Å². The number of hydrogen-bond acceptors (Lipinski definition) is 4. The van der Waals surface area contributed by atoms with Gasteiger partial charge in [-0.25, -0.2) is 4.79 Å². The second kappa shape index (κ2) is 11.4. The molecule has 0 bridgehead atoms. The van der Waals surface area contributed by atoms with Crippen LogP contribution in [0.2, 0.25) is 0 Å². The number of amides is 3. The lowest BCUT2D eigenvalue weighted by Gasteiger charge is -2.36. The van der Waals surface area contributed by atoms with E-state index in [1.165, 1.54) is 0 Å². The van der Waals surface area contributed by atoms with E-state index in [1.807, 2.05) is 39.8 Å². The molecule has 0 saturated heterocycles. The fourth-order valence-electron chi connectivity index (χ4n) is 3.80. The zero-order valence-corrected chi connectivity index (χ0v) is 21.5. The molecular weight excluding hydrogens is 430 g/mol. The van der Waals surface area contributed by atoms with Gasteiger partial charge in [-0.2, -0.15) is 0 Å². The Morgan fingerprint density at radius 3 is 2.26 bits per heavy atom. The molecule has 0 spiro atoms. The largest absolute Gasteiger partial charge is 0.444 e. The van der Waals surface area contributed by atoms with Crippen LogP contribution in [0, 0.1) is 18.3 Å². The summed E-state index contributed by atoms with van der Waals surface area (Å²) in [5, 5.41) is 5.73. The number of nitrogens with zero attached hydrogens (tertiary/aromatic N) is 1. The molecule has 3 amide bonds. The number of carbonyl (C=O) groups is 3. The van der Waals surface area contributed by atoms with E-state index >= 15 is 0 Å². The fraction of sp³-hybridized carbons (Fsp3) is 0.593. The number of benzene rings is 1. The van der Waals surface area contributed by atoms with Crippen molar-refractivity contribution in [2.24, 2.45) is 5.92 Å². The third-order valence-electron chi connectivity index (χ3n) is 5.71. The molecule has 7 nitrogen and oxygen atoms in total. The van der Waals surface area contributed by atoms with Gasteiger partial charge < -0.3 is 20.3 Å². The normalized spacial score (nSPS) is 16.1. The van der Waals surface area contributed by atoms with Gasteiger partial charge in [-0.05, 0) is 65.0 Å². The average molecular weight is 470 g/mol. The summed E-state index contributed by atoms with van der Waals surface area (Å²) >= 11 is 0. The average Bonchev–Trinajstić information content (AvgIpc) is 3.58. The summed E-state index contributed by atoms with van der Waals surface area (Å²) in [6, 6.07) is 5.22. The van der Waals surface area contributed by atoms with Gasteiger partial charge in [-0.3, -0.25) is 9.59 Å². The Labute approximate surface area is 204 Å². The monoisotopic (exact) mass is 469 g/mol. The quantitative estimate of drug-likeness (QED) is 0.532. The van der Waals surface area contributed by atoms with Gasteiger partial charge in [0, 0.05) is 17.6 Å². The van der Waals surface area contributed by atoms with Gasteiger partial charge in [0.15, 0.2) is 0 Å². The Hall–Kier alpha value is -3.01. The van der Waals surface area contributed by atoms with Crippen LogP contribution in [0.15, 0.2) is 24.3 Å². The van der Waals surface area contributed by atoms with Gasteiger partial charge in [0.1, 0.15) is 17.7 Å². The molecule has 2 N–H and O–H groups in total. The van der Waals surface area contributed by atoms with Crippen molar-refractivity contribution in [3.05, 3.63) is 35.4 Å². The first kappa shape index (κ1) is 27.2. The molecule has 1 aliphatic carbocycles. The lowest BCUT2D eigenvalue weighted by Crippen LogP contribution is -2.56.